The Morgan fingerprint density at radius 3 is 2.48 bits per heavy atom. The Morgan fingerprint density at radius 1 is 1.33 bits per heavy atom. The molecule has 27 heavy (non-hydrogen) atoms. The Bertz CT molecular complexity index is 607. The zero-order valence-corrected chi connectivity index (χ0v) is 17.2. The number of aromatic amines is 1. The van der Waals surface area contributed by atoms with Crippen molar-refractivity contribution in [1.82, 2.24) is 4.98 Å². The van der Waals surface area contributed by atoms with Crippen LogP contribution in [0.25, 0.3) is 0 Å². The molecule has 0 aromatic carbocycles. The van der Waals surface area contributed by atoms with Crippen LogP contribution in [0.15, 0.2) is 23.9 Å². The molecule has 8 heteroatoms. The summed E-state index contributed by atoms with van der Waals surface area (Å²) in [5.74, 6) is 0.000257. The molecule has 0 aliphatic heterocycles. The van der Waals surface area contributed by atoms with Crippen LogP contribution in [0.5, 0.6) is 0 Å². The third-order valence-electron chi connectivity index (χ3n) is 4.81. The zero-order valence-electron chi connectivity index (χ0n) is 16.4. The third-order valence-corrected chi connectivity index (χ3v) is 5.25. The minimum absolute atomic E-state index is 0.000257. The van der Waals surface area contributed by atoms with Gasteiger partial charge in [-0.3, -0.25) is 5.21 Å². The Morgan fingerprint density at radius 2 is 1.96 bits per heavy atom. The lowest BCUT2D eigenvalue weighted by Gasteiger charge is -2.28. The molecule has 3 atom stereocenters. The number of anilines is 1. The first kappa shape index (κ1) is 23.9. The summed E-state index contributed by atoms with van der Waals surface area (Å²) in [4.78, 5) is 1.77. The summed E-state index contributed by atoms with van der Waals surface area (Å²) >= 11 is 6.49. The van der Waals surface area contributed by atoms with E-state index in [-0.39, 0.29) is 17.5 Å². The van der Waals surface area contributed by atoms with E-state index in [0.717, 1.165) is 5.57 Å². The van der Waals surface area contributed by atoms with E-state index in [1.807, 2.05) is 13.0 Å². The van der Waals surface area contributed by atoms with Crippen molar-refractivity contribution in [2.45, 2.75) is 82.5 Å². The van der Waals surface area contributed by atoms with Crippen molar-refractivity contribution in [2.24, 2.45) is 0 Å². The van der Waals surface area contributed by atoms with Crippen molar-refractivity contribution < 1.29 is 20.5 Å². The molecule has 1 rings (SSSR count). The highest BCUT2D eigenvalue weighted by Gasteiger charge is 2.30. The molecule has 156 valence electrons. The quantitative estimate of drug-likeness (QED) is 0.219. The second-order valence-electron chi connectivity index (χ2n) is 7.96. The zero-order chi connectivity index (χ0) is 20.8. The van der Waals surface area contributed by atoms with Gasteiger partial charge in [-0.05, 0) is 65.0 Å². The van der Waals surface area contributed by atoms with Crippen molar-refractivity contribution in [3.63, 3.8) is 0 Å². The van der Waals surface area contributed by atoms with E-state index < -0.39 is 22.7 Å². The minimum Gasteiger partial charge on any atom is -0.732 e. The number of aliphatic hydroxyl groups excluding tert-OH is 2. The minimum atomic E-state index is -1.11. The predicted molar refractivity (Wildman–Crippen MR) is 107 cm³/mol. The first-order valence-corrected chi connectivity index (χ1v) is 9.47. The molecule has 0 spiro atoms. The van der Waals surface area contributed by atoms with E-state index >= 15 is 0 Å². The van der Waals surface area contributed by atoms with Crippen molar-refractivity contribution in [3.8, 4) is 0 Å². The second kappa shape index (κ2) is 9.91. The summed E-state index contributed by atoms with van der Waals surface area (Å²) in [5.41, 5.74) is 0.650. The number of nitrogens with one attached hydrogen (secondary N) is 1. The van der Waals surface area contributed by atoms with Gasteiger partial charge in [0.25, 0.3) is 0 Å². The van der Waals surface area contributed by atoms with Crippen molar-refractivity contribution >= 4 is 17.4 Å². The molecule has 1 aromatic heterocycles. The topological polar surface area (TPSA) is 123 Å². The van der Waals surface area contributed by atoms with Crippen LogP contribution in [0, 0.1) is 5.21 Å². The highest BCUT2D eigenvalue weighted by Crippen LogP contribution is 2.29. The van der Waals surface area contributed by atoms with Gasteiger partial charge in [-0.2, -0.15) is 0 Å². The number of allylic oxidation sites excluding steroid dienone is 2. The summed E-state index contributed by atoms with van der Waals surface area (Å²) in [5, 5.41) is 49.4. The Balaban J connectivity index is 2.48. The molecule has 0 saturated carbocycles. The van der Waals surface area contributed by atoms with Gasteiger partial charge in [0.15, 0.2) is 0 Å². The van der Waals surface area contributed by atoms with Crippen LogP contribution < -0.4 is 5.23 Å². The third kappa shape index (κ3) is 8.21. The van der Waals surface area contributed by atoms with Gasteiger partial charge in [0.2, 0.25) is 0 Å². The number of halogens is 1. The number of H-pyrrole nitrogens is 1. The average Bonchev–Trinajstić information content (AvgIpc) is 3.00. The average molecular weight is 404 g/mol. The van der Waals surface area contributed by atoms with Crippen LogP contribution in [0.2, 0.25) is 0 Å². The van der Waals surface area contributed by atoms with Crippen LogP contribution in [-0.4, -0.2) is 48.2 Å². The molecular formula is C19H32ClN2O5-. The number of hydrogen-bond acceptors (Lipinski definition) is 6. The Labute approximate surface area is 165 Å². The number of aliphatic hydroxyl groups is 3. The molecule has 7 nitrogen and oxygen atoms in total. The van der Waals surface area contributed by atoms with E-state index in [2.05, 4.69) is 4.98 Å². The van der Waals surface area contributed by atoms with Crippen molar-refractivity contribution in [1.29, 1.82) is 0 Å². The number of nitrogens with zero attached hydrogens (tertiary/aromatic N) is 1. The monoisotopic (exact) mass is 403 g/mol. The van der Waals surface area contributed by atoms with Crippen LogP contribution in [0.3, 0.4) is 0 Å². The van der Waals surface area contributed by atoms with Crippen LogP contribution >= 0.6 is 11.6 Å². The lowest BCUT2D eigenvalue weighted by Crippen LogP contribution is -2.35. The fourth-order valence-electron chi connectivity index (χ4n) is 2.68. The smallest absolute Gasteiger partial charge is 0.119 e. The van der Waals surface area contributed by atoms with Gasteiger partial charge >= 0.3 is 0 Å². The molecule has 3 unspecified atom stereocenters. The summed E-state index contributed by atoms with van der Waals surface area (Å²) < 4.78 is 0. The van der Waals surface area contributed by atoms with Crippen LogP contribution in [0.1, 0.15) is 58.9 Å². The second-order valence-corrected chi connectivity index (χ2v) is 8.82. The molecule has 0 aliphatic rings. The van der Waals surface area contributed by atoms with Gasteiger partial charge < -0.3 is 30.7 Å². The van der Waals surface area contributed by atoms with E-state index in [4.69, 9.17) is 16.8 Å². The maximum absolute atomic E-state index is 10.8. The van der Waals surface area contributed by atoms with Gasteiger partial charge in [0.1, 0.15) is 5.82 Å². The molecule has 0 bridgehead atoms. The van der Waals surface area contributed by atoms with Gasteiger partial charge in [-0.25, -0.2) is 0 Å². The largest absolute Gasteiger partial charge is 0.732 e. The lowest BCUT2D eigenvalue weighted by atomic mass is 9.92. The predicted octanol–water partition coefficient (Wildman–Crippen LogP) is 3.25. The molecule has 1 heterocycles. The van der Waals surface area contributed by atoms with Gasteiger partial charge in [0, 0.05) is 12.6 Å². The number of alkyl halides is 1. The summed E-state index contributed by atoms with van der Waals surface area (Å²) in [6.45, 7) is 6.89. The fraction of sp³-hybridized carbons (Fsp3) is 0.684. The number of hydrogen-bond donors (Lipinski definition) is 5. The Kier molecular flexibility index (Phi) is 8.79. The summed E-state index contributed by atoms with van der Waals surface area (Å²) in [6, 6.07) is 1.46. The molecule has 5 N–H and O–H groups in total. The van der Waals surface area contributed by atoms with Crippen LogP contribution in [-0.2, 0) is 6.42 Å². The van der Waals surface area contributed by atoms with Gasteiger partial charge in [-0.15, -0.1) is 11.6 Å². The first-order valence-electron chi connectivity index (χ1n) is 9.09. The normalized spacial score (nSPS) is 17.5. The fourth-order valence-corrected chi connectivity index (χ4v) is 2.86. The maximum Gasteiger partial charge on any atom is 0.119 e. The molecular weight excluding hydrogens is 372 g/mol. The van der Waals surface area contributed by atoms with Gasteiger partial charge in [0.05, 0.1) is 22.7 Å². The highest BCUT2D eigenvalue weighted by molar-refractivity contribution is 6.24. The molecule has 1 aromatic rings. The standard InChI is InChI=1S/C19H32ClN2O5/c1-13(7-8-15(23)18(2,3)25)6-5-9-19(4,20)16(24)10-14-11-17(21-12-14)22(26)27/h6,11-12,15-16,21,23-26H,5,7-10H2,1-4H3/q-1. The molecule has 0 amide bonds. The molecule has 0 saturated heterocycles. The highest BCUT2D eigenvalue weighted by atomic mass is 35.5. The van der Waals surface area contributed by atoms with E-state index in [0.29, 0.717) is 31.2 Å². The summed E-state index contributed by atoms with van der Waals surface area (Å²) in [7, 11) is 0. The molecule has 0 aliphatic carbocycles. The molecule has 0 radical (unpaired) electrons. The summed E-state index contributed by atoms with van der Waals surface area (Å²) in [6.07, 6.45) is 4.59. The van der Waals surface area contributed by atoms with E-state index in [1.165, 1.54) is 6.07 Å². The first-order chi connectivity index (χ1) is 12.3. The van der Waals surface area contributed by atoms with Crippen molar-refractivity contribution in [3.05, 3.63) is 34.7 Å². The van der Waals surface area contributed by atoms with E-state index in [9.17, 15) is 20.5 Å². The lowest BCUT2D eigenvalue weighted by molar-refractivity contribution is -0.0509. The Hall–Kier alpha value is -1.09. The maximum atomic E-state index is 10.8. The SMILES string of the molecule is CC(=CCCC(C)(Cl)C(O)Cc1c[nH]c(N([O-])O)c1)CCC(O)C(C)(C)O. The number of aromatic nitrogens is 1. The van der Waals surface area contributed by atoms with E-state index in [1.54, 1.807) is 27.0 Å². The molecule has 0 fully saturated rings. The van der Waals surface area contributed by atoms with Crippen LogP contribution in [0.4, 0.5) is 5.82 Å². The van der Waals surface area contributed by atoms with Crippen molar-refractivity contribution in [2.75, 3.05) is 5.23 Å². The van der Waals surface area contributed by atoms with Gasteiger partial charge in [-0.1, -0.05) is 11.6 Å². The number of rotatable bonds is 11.